The highest BCUT2D eigenvalue weighted by atomic mass is 35.5. The summed E-state index contributed by atoms with van der Waals surface area (Å²) in [6, 6.07) is 2.92. The van der Waals surface area contributed by atoms with E-state index in [2.05, 4.69) is 20.9 Å². The van der Waals surface area contributed by atoms with E-state index in [9.17, 15) is 13.6 Å². The number of aromatic nitrogens is 1. The molecule has 0 aromatic carbocycles. The zero-order valence-electron chi connectivity index (χ0n) is 14.7. The van der Waals surface area contributed by atoms with Crippen LogP contribution < -0.4 is 16.0 Å². The summed E-state index contributed by atoms with van der Waals surface area (Å²) in [5.74, 6) is -2.09. The molecule has 1 aromatic heterocycles. The number of halogens is 3. The van der Waals surface area contributed by atoms with Crippen LogP contribution >= 0.6 is 11.6 Å². The number of nitrogens with one attached hydrogen (secondary N) is 3. The van der Waals surface area contributed by atoms with Crippen LogP contribution in [0.2, 0.25) is 5.15 Å². The van der Waals surface area contributed by atoms with E-state index in [4.69, 9.17) is 11.6 Å². The van der Waals surface area contributed by atoms with Gasteiger partial charge in [0.25, 0.3) is 0 Å². The zero-order chi connectivity index (χ0) is 18.6. The van der Waals surface area contributed by atoms with Crippen LogP contribution in [-0.2, 0) is 4.79 Å². The molecule has 5 nitrogen and oxygen atoms in total. The van der Waals surface area contributed by atoms with Gasteiger partial charge in [-0.3, -0.25) is 4.79 Å². The standard InChI is InChI=1S/C17H25ClF2N4O/c1-10(2)15(16(25)21-3)23-12-8-13(18)24-14(9-12)22-11-4-6-17(19,20)7-5-11/h8-11,15H,4-7H2,1-3H3,(H,21,25)(H2,22,23,24). The second-order valence-corrected chi connectivity index (χ2v) is 7.21. The van der Waals surface area contributed by atoms with Crippen molar-refractivity contribution in [2.45, 2.75) is 57.5 Å². The van der Waals surface area contributed by atoms with Crippen LogP contribution in [-0.4, -0.2) is 35.9 Å². The SMILES string of the molecule is CNC(=O)C(Nc1cc(Cl)nc(NC2CCC(F)(F)CC2)c1)C(C)C. The van der Waals surface area contributed by atoms with Gasteiger partial charge in [0.2, 0.25) is 11.8 Å². The van der Waals surface area contributed by atoms with E-state index in [-0.39, 0.29) is 35.9 Å². The molecule has 0 spiro atoms. The van der Waals surface area contributed by atoms with Crippen molar-refractivity contribution in [2.24, 2.45) is 5.92 Å². The molecular weight excluding hydrogens is 350 g/mol. The van der Waals surface area contributed by atoms with Gasteiger partial charge in [0.1, 0.15) is 17.0 Å². The quantitative estimate of drug-likeness (QED) is 0.660. The fourth-order valence-electron chi connectivity index (χ4n) is 2.92. The van der Waals surface area contributed by atoms with E-state index >= 15 is 0 Å². The zero-order valence-corrected chi connectivity index (χ0v) is 15.5. The predicted octanol–water partition coefficient (Wildman–Crippen LogP) is 3.91. The van der Waals surface area contributed by atoms with Crippen molar-refractivity contribution in [3.8, 4) is 0 Å². The van der Waals surface area contributed by atoms with Gasteiger partial charge < -0.3 is 16.0 Å². The number of amides is 1. The van der Waals surface area contributed by atoms with Crippen LogP contribution in [0.4, 0.5) is 20.3 Å². The summed E-state index contributed by atoms with van der Waals surface area (Å²) in [6.07, 6.45) is 0.526. The number of alkyl halides is 2. The smallest absolute Gasteiger partial charge is 0.248 e. The number of carbonyl (C=O) groups is 1. The van der Waals surface area contributed by atoms with Crippen molar-refractivity contribution >= 4 is 29.0 Å². The predicted molar refractivity (Wildman–Crippen MR) is 96.4 cm³/mol. The van der Waals surface area contributed by atoms with Crippen LogP contribution in [0, 0.1) is 5.92 Å². The molecule has 1 fully saturated rings. The average molecular weight is 375 g/mol. The molecule has 0 radical (unpaired) electrons. The molecule has 0 bridgehead atoms. The lowest BCUT2D eigenvalue weighted by Gasteiger charge is -2.29. The minimum atomic E-state index is -2.56. The topological polar surface area (TPSA) is 66.0 Å². The van der Waals surface area contributed by atoms with E-state index in [1.807, 2.05) is 13.8 Å². The number of pyridine rings is 1. The molecule has 8 heteroatoms. The summed E-state index contributed by atoms with van der Waals surface area (Å²) in [5.41, 5.74) is 0.658. The highest BCUT2D eigenvalue weighted by Crippen LogP contribution is 2.34. The molecule has 3 N–H and O–H groups in total. The molecule has 1 amide bonds. The van der Waals surface area contributed by atoms with Crippen LogP contribution in [0.3, 0.4) is 0 Å². The number of likely N-dealkylation sites (N-methyl/N-ethyl adjacent to an activating group) is 1. The van der Waals surface area contributed by atoms with E-state index < -0.39 is 12.0 Å². The van der Waals surface area contributed by atoms with Crippen LogP contribution in [0.25, 0.3) is 0 Å². The highest BCUT2D eigenvalue weighted by molar-refractivity contribution is 6.29. The summed E-state index contributed by atoms with van der Waals surface area (Å²) in [5, 5.41) is 9.24. The van der Waals surface area contributed by atoms with Crippen molar-refractivity contribution in [2.75, 3.05) is 17.7 Å². The largest absolute Gasteiger partial charge is 0.373 e. The van der Waals surface area contributed by atoms with Gasteiger partial charge in [-0.2, -0.15) is 0 Å². The first-order valence-corrected chi connectivity index (χ1v) is 8.88. The molecule has 140 valence electrons. The summed E-state index contributed by atoms with van der Waals surface area (Å²) in [4.78, 5) is 16.2. The van der Waals surface area contributed by atoms with Gasteiger partial charge in [0.15, 0.2) is 0 Å². The van der Waals surface area contributed by atoms with Gasteiger partial charge in [-0.15, -0.1) is 0 Å². The van der Waals surface area contributed by atoms with Crippen LogP contribution in [0.1, 0.15) is 39.5 Å². The molecule has 1 heterocycles. The van der Waals surface area contributed by atoms with Gasteiger partial charge in [-0.05, 0) is 24.8 Å². The summed E-state index contributed by atoms with van der Waals surface area (Å²) in [7, 11) is 1.59. The maximum absolute atomic E-state index is 13.3. The third-order valence-corrected chi connectivity index (χ3v) is 4.57. The molecule has 0 saturated heterocycles. The molecule has 1 aliphatic carbocycles. The summed E-state index contributed by atoms with van der Waals surface area (Å²) < 4.78 is 26.5. The third-order valence-electron chi connectivity index (χ3n) is 4.38. The number of hydrogen-bond donors (Lipinski definition) is 3. The lowest BCUT2D eigenvalue weighted by atomic mass is 9.92. The lowest BCUT2D eigenvalue weighted by molar-refractivity contribution is -0.122. The minimum absolute atomic E-state index is 0.0572. The van der Waals surface area contributed by atoms with Gasteiger partial charge >= 0.3 is 0 Å². The molecule has 1 saturated carbocycles. The van der Waals surface area contributed by atoms with Crippen molar-refractivity contribution in [3.05, 3.63) is 17.3 Å². The van der Waals surface area contributed by atoms with Gasteiger partial charge in [0.05, 0.1) is 0 Å². The average Bonchev–Trinajstić information content (AvgIpc) is 2.53. The Bertz CT molecular complexity index is 602. The monoisotopic (exact) mass is 374 g/mol. The Hall–Kier alpha value is -1.63. The number of hydrogen-bond acceptors (Lipinski definition) is 4. The molecule has 1 aliphatic rings. The van der Waals surface area contributed by atoms with Crippen LogP contribution in [0.5, 0.6) is 0 Å². The molecule has 25 heavy (non-hydrogen) atoms. The van der Waals surface area contributed by atoms with E-state index in [1.165, 1.54) is 0 Å². The summed E-state index contributed by atoms with van der Waals surface area (Å²) >= 11 is 6.08. The molecule has 1 unspecified atom stereocenters. The third kappa shape index (κ3) is 5.70. The molecular formula is C17H25ClF2N4O. The van der Waals surface area contributed by atoms with E-state index in [1.54, 1.807) is 19.2 Å². The molecule has 0 aliphatic heterocycles. The first-order valence-electron chi connectivity index (χ1n) is 8.50. The highest BCUT2D eigenvalue weighted by Gasteiger charge is 2.35. The van der Waals surface area contributed by atoms with E-state index in [0.717, 1.165) is 0 Å². The van der Waals surface area contributed by atoms with Crippen molar-refractivity contribution in [1.29, 1.82) is 0 Å². The van der Waals surface area contributed by atoms with Gasteiger partial charge in [-0.1, -0.05) is 25.4 Å². The fraction of sp³-hybridized carbons (Fsp3) is 0.647. The van der Waals surface area contributed by atoms with Gasteiger partial charge in [0, 0.05) is 37.7 Å². The Morgan fingerprint density at radius 2 is 1.96 bits per heavy atom. The van der Waals surface area contributed by atoms with Crippen LogP contribution in [0.15, 0.2) is 12.1 Å². The number of anilines is 2. The number of nitrogens with zero attached hydrogens (tertiary/aromatic N) is 1. The first kappa shape index (κ1) is 19.7. The molecule has 1 atom stereocenters. The first-order chi connectivity index (χ1) is 11.7. The molecule has 2 rings (SSSR count). The second kappa shape index (κ2) is 8.17. The van der Waals surface area contributed by atoms with Gasteiger partial charge in [-0.25, -0.2) is 13.8 Å². The normalized spacial score (nSPS) is 18.7. The Morgan fingerprint density at radius 1 is 1.32 bits per heavy atom. The summed E-state index contributed by atoms with van der Waals surface area (Å²) in [6.45, 7) is 3.88. The minimum Gasteiger partial charge on any atom is -0.373 e. The van der Waals surface area contributed by atoms with E-state index in [0.29, 0.717) is 24.3 Å². The molecule has 1 aromatic rings. The fourth-order valence-corrected chi connectivity index (χ4v) is 3.13. The van der Waals surface area contributed by atoms with Crippen molar-refractivity contribution < 1.29 is 13.6 Å². The Kier molecular flexibility index (Phi) is 6.43. The Morgan fingerprint density at radius 3 is 2.52 bits per heavy atom. The van der Waals surface area contributed by atoms with Crippen molar-refractivity contribution in [3.63, 3.8) is 0 Å². The Balaban J connectivity index is 2.08. The lowest BCUT2D eigenvalue weighted by Crippen LogP contribution is -2.41. The second-order valence-electron chi connectivity index (χ2n) is 6.82. The van der Waals surface area contributed by atoms with Crippen molar-refractivity contribution in [1.82, 2.24) is 10.3 Å². The number of rotatable bonds is 6. The number of carbonyl (C=O) groups excluding carboxylic acids is 1. The maximum atomic E-state index is 13.3. The Labute approximate surface area is 151 Å². The maximum Gasteiger partial charge on any atom is 0.248 e.